The lowest BCUT2D eigenvalue weighted by Crippen LogP contribution is -2.73. The summed E-state index contributed by atoms with van der Waals surface area (Å²) in [6, 6.07) is 7.93. The maximum Gasteiger partial charge on any atom is 0.231 e. The fourth-order valence-electron chi connectivity index (χ4n) is 6.18. The number of hydrogen-bond donors (Lipinski definition) is 0. The van der Waals surface area contributed by atoms with E-state index in [9.17, 15) is 17.2 Å². The molecule has 4 aliphatic heterocycles. The first-order chi connectivity index (χ1) is 18.1. The maximum absolute atomic E-state index is 14.5. The third-order valence-electron chi connectivity index (χ3n) is 8.07. The van der Waals surface area contributed by atoms with Crippen LogP contribution in [0.5, 0.6) is 5.75 Å². The zero-order valence-electron chi connectivity index (χ0n) is 20.6. The van der Waals surface area contributed by atoms with Crippen LogP contribution in [0.4, 0.5) is 20.4 Å². The molecular weight excluding hydrogens is 538 g/mol. The summed E-state index contributed by atoms with van der Waals surface area (Å²) in [4.78, 5) is 6.21. The fraction of sp³-hybridized carbons (Fsp3) is 0.440. The van der Waals surface area contributed by atoms with Crippen LogP contribution in [-0.2, 0) is 22.9 Å². The summed E-state index contributed by atoms with van der Waals surface area (Å²) < 4.78 is 59.1. The van der Waals surface area contributed by atoms with Crippen LogP contribution < -0.4 is 14.5 Å². The lowest BCUT2D eigenvalue weighted by Gasteiger charge is -2.61. The van der Waals surface area contributed by atoms with Gasteiger partial charge in [0.15, 0.2) is 27.2 Å². The highest BCUT2D eigenvalue weighted by molar-refractivity contribution is 7.92. The summed E-state index contributed by atoms with van der Waals surface area (Å²) in [6.07, 6.45) is 0. The molecule has 1 spiro atoms. The van der Waals surface area contributed by atoms with Gasteiger partial charge in [-0.05, 0) is 23.8 Å². The minimum Gasteiger partial charge on any atom is -0.494 e. The Morgan fingerprint density at radius 2 is 1.71 bits per heavy atom. The Kier molecular flexibility index (Phi) is 5.25. The van der Waals surface area contributed by atoms with Crippen molar-refractivity contribution in [2.24, 2.45) is 5.41 Å². The molecule has 4 aliphatic rings. The van der Waals surface area contributed by atoms with Gasteiger partial charge in [-0.3, -0.25) is 9.47 Å². The summed E-state index contributed by atoms with van der Waals surface area (Å²) >= 11 is 6.33. The lowest BCUT2D eigenvalue weighted by molar-refractivity contribution is 0.153. The molecule has 0 aliphatic carbocycles. The van der Waals surface area contributed by atoms with Gasteiger partial charge in [-0.1, -0.05) is 11.6 Å². The molecule has 3 saturated heterocycles. The summed E-state index contributed by atoms with van der Waals surface area (Å²) in [5, 5.41) is 9.64. The first-order valence-electron chi connectivity index (χ1n) is 12.3. The van der Waals surface area contributed by atoms with Crippen molar-refractivity contribution in [3.63, 3.8) is 0 Å². The molecule has 3 aromatic rings. The monoisotopic (exact) mass is 562 g/mol. The number of ether oxygens (including phenoxy) is 1. The average molecular weight is 563 g/mol. The van der Waals surface area contributed by atoms with E-state index in [0.29, 0.717) is 36.9 Å². The number of anilines is 2. The van der Waals surface area contributed by atoms with Crippen molar-refractivity contribution in [1.29, 1.82) is 0 Å². The number of methoxy groups -OCH3 is 1. The van der Waals surface area contributed by atoms with Crippen molar-refractivity contribution in [3.8, 4) is 11.4 Å². The van der Waals surface area contributed by atoms with E-state index in [-0.39, 0.29) is 28.7 Å². The van der Waals surface area contributed by atoms with Crippen molar-refractivity contribution in [2.75, 3.05) is 54.6 Å². The molecule has 0 unspecified atom stereocenters. The molecule has 9 nitrogen and oxygen atoms in total. The number of nitrogens with zero attached hydrogens (tertiary/aromatic N) is 6. The van der Waals surface area contributed by atoms with Gasteiger partial charge in [0.2, 0.25) is 5.95 Å². The van der Waals surface area contributed by atoms with Crippen LogP contribution >= 0.6 is 11.6 Å². The molecule has 13 heteroatoms. The van der Waals surface area contributed by atoms with Crippen LogP contribution in [0.2, 0.25) is 5.02 Å². The highest BCUT2D eigenvalue weighted by Gasteiger charge is 2.54. The average Bonchev–Trinajstić information content (AvgIpc) is 3.11. The highest BCUT2D eigenvalue weighted by Crippen LogP contribution is 2.45. The van der Waals surface area contributed by atoms with E-state index in [2.05, 4.69) is 20.0 Å². The van der Waals surface area contributed by atoms with Gasteiger partial charge in [-0.15, -0.1) is 10.2 Å². The summed E-state index contributed by atoms with van der Waals surface area (Å²) in [7, 11) is -1.61. The van der Waals surface area contributed by atoms with Crippen LogP contribution in [0, 0.1) is 17.0 Å². The Bertz CT molecular complexity index is 1560. The number of aromatic nitrogens is 3. The molecule has 2 aromatic carbocycles. The smallest absolute Gasteiger partial charge is 0.231 e. The van der Waals surface area contributed by atoms with E-state index < -0.39 is 21.5 Å². The van der Waals surface area contributed by atoms with Gasteiger partial charge in [-0.2, -0.15) is 0 Å². The summed E-state index contributed by atoms with van der Waals surface area (Å²) in [6.45, 7) is 3.81. The second-order valence-corrected chi connectivity index (χ2v) is 13.4. The Morgan fingerprint density at radius 1 is 0.974 bits per heavy atom. The molecule has 38 heavy (non-hydrogen) atoms. The Balaban J connectivity index is 1.12. The van der Waals surface area contributed by atoms with Crippen LogP contribution in [0.3, 0.4) is 0 Å². The van der Waals surface area contributed by atoms with Crippen LogP contribution in [0.1, 0.15) is 11.4 Å². The lowest BCUT2D eigenvalue weighted by atomic mass is 9.72. The molecular formula is C25H25ClF2N6O3S. The summed E-state index contributed by atoms with van der Waals surface area (Å²) in [5.41, 5.74) is 2.26. The maximum atomic E-state index is 14.5. The minimum absolute atomic E-state index is 0.0136. The number of rotatable bonds is 4. The molecule has 3 fully saturated rings. The van der Waals surface area contributed by atoms with E-state index in [1.54, 1.807) is 0 Å². The minimum atomic E-state index is -2.97. The molecule has 0 atom stereocenters. The zero-order chi connectivity index (χ0) is 26.4. The number of benzene rings is 2. The number of halogens is 3. The Labute approximate surface area is 223 Å². The standard InChI is InChI=1S/C25H25ClF2N6O3S/c1-37-22-6-21(18(27)5-19(22)28)32-11-25(12-32)13-33(14-25)24-30-29-23-8-31(17-9-38(35,36)10-17)7-15-4-16(26)2-3-20(15)34(23)24/h2-6,17H,7-14H2,1H3. The van der Waals surface area contributed by atoms with E-state index in [4.69, 9.17) is 16.3 Å². The second-order valence-electron chi connectivity index (χ2n) is 10.8. The van der Waals surface area contributed by atoms with Crippen molar-refractivity contribution in [3.05, 3.63) is 58.4 Å². The number of sulfone groups is 1. The fourth-order valence-corrected chi connectivity index (χ4v) is 7.87. The van der Waals surface area contributed by atoms with Crippen LogP contribution in [-0.4, -0.2) is 78.9 Å². The molecule has 1 aromatic heterocycles. The third-order valence-corrected chi connectivity index (χ3v) is 10.1. The second kappa shape index (κ2) is 8.27. The Hall–Kier alpha value is -2.96. The largest absolute Gasteiger partial charge is 0.494 e. The van der Waals surface area contributed by atoms with E-state index in [1.807, 2.05) is 27.7 Å². The topological polar surface area (TPSA) is 83.8 Å². The normalized spacial score (nSPS) is 21.7. The molecule has 0 bridgehead atoms. The first-order valence-corrected chi connectivity index (χ1v) is 14.5. The SMILES string of the molecule is COc1cc(N2CC3(C2)CN(c2nnc4n2-c2ccc(Cl)cc2CN(C2CS(=O)(=O)C2)C4)C3)c(F)cc1F. The predicted octanol–water partition coefficient (Wildman–Crippen LogP) is 2.65. The molecule has 200 valence electrons. The molecule has 0 radical (unpaired) electrons. The first kappa shape index (κ1) is 24.1. The van der Waals surface area contributed by atoms with Crippen molar-refractivity contribution < 1.29 is 21.9 Å². The van der Waals surface area contributed by atoms with E-state index in [1.165, 1.54) is 13.2 Å². The highest BCUT2D eigenvalue weighted by atomic mass is 35.5. The van der Waals surface area contributed by atoms with Gasteiger partial charge >= 0.3 is 0 Å². The van der Waals surface area contributed by atoms with Crippen LogP contribution in [0.25, 0.3) is 5.69 Å². The van der Waals surface area contributed by atoms with Gasteiger partial charge in [0, 0.05) is 61.3 Å². The quantitative estimate of drug-likeness (QED) is 0.480. The Morgan fingerprint density at radius 3 is 2.42 bits per heavy atom. The van der Waals surface area contributed by atoms with Gasteiger partial charge in [0.1, 0.15) is 5.82 Å². The van der Waals surface area contributed by atoms with Gasteiger partial charge in [0.25, 0.3) is 0 Å². The van der Waals surface area contributed by atoms with Crippen molar-refractivity contribution >= 4 is 33.1 Å². The number of fused-ring (bicyclic) bond motifs is 3. The molecule has 0 amide bonds. The van der Waals surface area contributed by atoms with Crippen LogP contribution in [0.15, 0.2) is 30.3 Å². The molecule has 7 rings (SSSR count). The molecule has 5 heterocycles. The van der Waals surface area contributed by atoms with Gasteiger partial charge in [0.05, 0.1) is 36.5 Å². The molecule has 0 N–H and O–H groups in total. The zero-order valence-corrected chi connectivity index (χ0v) is 22.1. The third kappa shape index (κ3) is 3.76. The van der Waals surface area contributed by atoms with Crippen molar-refractivity contribution in [1.82, 2.24) is 19.7 Å². The number of hydrogen-bond acceptors (Lipinski definition) is 8. The van der Waals surface area contributed by atoms with E-state index in [0.717, 1.165) is 42.2 Å². The summed E-state index contributed by atoms with van der Waals surface area (Å²) in [5.74, 6) is 0.482. The predicted molar refractivity (Wildman–Crippen MR) is 138 cm³/mol. The van der Waals surface area contributed by atoms with Crippen molar-refractivity contribution in [2.45, 2.75) is 19.1 Å². The van der Waals surface area contributed by atoms with Gasteiger partial charge in [-0.25, -0.2) is 17.2 Å². The molecule has 0 saturated carbocycles. The van der Waals surface area contributed by atoms with Gasteiger partial charge < -0.3 is 14.5 Å². The van der Waals surface area contributed by atoms with E-state index >= 15 is 0 Å².